The normalized spacial score (nSPS) is 10.6. The van der Waals surface area contributed by atoms with Crippen molar-refractivity contribution in [1.82, 2.24) is 9.97 Å². The first kappa shape index (κ1) is 17.8. The van der Waals surface area contributed by atoms with Crippen LogP contribution in [-0.4, -0.2) is 9.97 Å². The van der Waals surface area contributed by atoms with E-state index in [1.54, 1.807) is 12.1 Å². The number of rotatable bonds is 4. The van der Waals surface area contributed by atoms with E-state index in [9.17, 15) is 0 Å². The maximum atomic E-state index is 9.02. The lowest BCUT2D eigenvalue weighted by Gasteiger charge is -2.10. The Hall–Kier alpha value is -3.62. The summed E-state index contributed by atoms with van der Waals surface area (Å²) < 4.78 is 5.91. The van der Waals surface area contributed by atoms with Crippen LogP contribution in [0.1, 0.15) is 11.1 Å². The molecule has 0 atom stereocenters. The van der Waals surface area contributed by atoms with Gasteiger partial charge in [0.1, 0.15) is 12.4 Å². The number of fused-ring (bicyclic) bond motifs is 1. The molecule has 0 spiro atoms. The van der Waals surface area contributed by atoms with Gasteiger partial charge in [0.2, 0.25) is 5.95 Å². The van der Waals surface area contributed by atoms with Gasteiger partial charge in [-0.2, -0.15) is 5.26 Å². The second-order valence-electron chi connectivity index (χ2n) is 6.22. The largest absolute Gasteiger partial charge is 0.489 e. The Morgan fingerprint density at radius 3 is 2.71 bits per heavy atom. The first-order valence-electron chi connectivity index (χ1n) is 8.57. The molecule has 0 aliphatic carbocycles. The molecule has 0 aliphatic rings. The Bertz CT molecular complexity index is 1220. The van der Waals surface area contributed by atoms with E-state index in [0.717, 1.165) is 22.0 Å². The predicted molar refractivity (Wildman–Crippen MR) is 110 cm³/mol. The monoisotopic (exact) mass is 386 g/mol. The molecular formula is C22H15ClN4O. The summed E-state index contributed by atoms with van der Waals surface area (Å²) in [6.45, 7) is 0.359. The maximum Gasteiger partial charge on any atom is 0.221 e. The molecule has 6 heteroatoms. The zero-order chi connectivity index (χ0) is 19.5. The second-order valence-corrected chi connectivity index (χ2v) is 6.66. The van der Waals surface area contributed by atoms with Crippen molar-refractivity contribution < 1.29 is 4.74 Å². The highest BCUT2D eigenvalue weighted by atomic mass is 35.5. The number of anilines is 1. The van der Waals surface area contributed by atoms with Crippen LogP contribution in [-0.2, 0) is 6.61 Å². The van der Waals surface area contributed by atoms with Crippen molar-refractivity contribution in [3.8, 4) is 23.1 Å². The summed E-state index contributed by atoms with van der Waals surface area (Å²) in [5, 5.41) is 10.4. The average Bonchev–Trinajstić information content (AvgIpc) is 2.72. The molecule has 0 bridgehead atoms. The summed E-state index contributed by atoms with van der Waals surface area (Å²) >= 11 is 6.16. The SMILES string of the molecule is N#Cc1cccc(COc2cccc(-c3nc(N)nc4ccc(Cl)cc34)c2)c1. The smallest absolute Gasteiger partial charge is 0.221 e. The van der Waals surface area contributed by atoms with Gasteiger partial charge in [0.05, 0.1) is 22.8 Å². The number of nitrogen functional groups attached to an aromatic ring is 1. The van der Waals surface area contributed by atoms with E-state index in [-0.39, 0.29) is 5.95 Å². The van der Waals surface area contributed by atoms with Gasteiger partial charge in [-0.15, -0.1) is 0 Å². The summed E-state index contributed by atoms with van der Waals surface area (Å²) in [6.07, 6.45) is 0. The minimum atomic E-state index is 0.199. The lowest BCUT2D eigenvalue weighted by molar-refractivity contribution is 0.306. The van der Waals surface area contributed by atoms with Crippen molar-refractivity contribution in [2.75, 3.05) is 5.73 Å². The van der Waals surface area contributed by atoms with E-state index < -0.39 is 0 Å². The number of benzene rings is 3. The van der Waals surface area contributed by atoms with E-state index in [0.29, 0.717) is 28.6 Å². The molecule has 0 fully saturated rings. The van der Waals surface area contributed by atoms with Crippen molar-refractivity contribution in [3.63, 3.8) is 0 Å². The van der Waals surface area contributed by atoms with E-state index in [4.69, 9.17) is 27.3 Å². The number of nitrogens with zero attached hydrogens (tertiary/aromatic N) is 3. The molecule has 0 saturated carbocycles. The number of hydrogen-bond acceptors (Lipinski definition) is 5. The second kappa shape index (κ2) is 7.55. The summed E-state index contributed by atoms with van der Waals surface area (Å²) in [5.74, 6) is 0.886. The molecule has 2 N–H and O–H groups in total. The van der Waals surface area contributed by atoms with Crippen LogP contribution in [0, 0.1) is 11.3 Å². The number of aromatic nitrogens is 2. The van der Waals surface area contributed by atoms with Gasteiger partial charge >= 0.3 is 0 Å². The summed E-state index contributed by atoms with van der Waals surface area (Å²) in [7, 11) is 0. The molecule has 0 unspecified atom stereocenters. The van der Waals surface area contributed by atoms with Gasteiger partial charge < -0.3 is 10.5 Å². The molecule has 4 aromatic rings. The molecular weight excluding hydrogens is 372 g/mol. The highest BCUT2D eigenvalue weighted by molar-refractivity contribution is 6.31. The standard InChI is InChI=1S/C22H15ClN4O/c23-17-7-8-20-19(11-17)21(27-22(25)26-20)16-5-2-6-18(10-16)28-13-15-4-1-3-14(9-15)12-24/h1-11H,13H2,(H2,25,26,27). The van der Waals surface area contributed by atoms with Gasteiger partial charge in [-0.3, -0.25) is 0 Å². The molecule has 0 radical (unpaired) electrons. The van der Waals surface area contributed by atoms with Gasteiger partial charge in [0.25, 0.3) is 0 Å². The van der Waals surface area contributed by atoms with Crippen molar-refractivity contribution in [1.29, 1.82) is 5.26 Å². The van der Waals surface area contributed by atoms with Crippen LogP contribution in [0.25, 0.3) is 22.2 Å². The third-order valence-electron chi connectivity index (χ3n) is 4.24. The van der Waals surface area contributed by atoms with Crippen molar-refractivity contribution in [2.24, 2.45) is 0 Å². The summed E-state index contributed by atoms with van der Waals surface area (Å²) in [4.78, 5) is 8.68. The zero-order valence-electron chi connectivity index (χ0n) is 14.8. The number of nitrogens with two attached hydrogens (primary N) is 1. The predicted octanol–water partition coefficient (Wildman–Crippen LogP) is 4.98. The molecule has 3 aromatic carbocycles. The van der Waals surface area contributed by atoms with E-state index >= 15 is 0 Å². The highest BCUT2D eigenvalue weighted by Gasteiger charge is 2.10. The van der Waals surface area contributed by atoms with Crippen LogP contribution in [0.15, 0.2) is 66.7 Å². The quantitative estimate of drug-likeness (QED) is 0.534. The van der Waals surface area contributed by atoms with Crippen LogP contribution in [0.3, 0.4) is 0 Å². The summed E-state index contributed by atoms with van der Waals surface area (Å²) in [6, 6.07) is 22.5. The van der Waals surface area contributed by atoms with E-state index in [1.807, 2.05) is 54.6 Å². The molecule has 136 valence electrons. The van der Waals surface area contributed by atoms with Gasteiger partial charge in [-0.1, -0.05) is 35.9 Å². The van der Waals surface area contributed by atoms with E-state index in [2.05, 4.69) is 16.0 Å². The van der Waals surface area contributed by atoms with Crippen molar-refractivity contribution in [2.45, 2.75) is 6.61 Å². The minimum Gasteiger partial charge on any atom is -0.489 e. The molecule has 1 aromatic heterocycles. The Kier molecular flexibility index (Phi) is 4.79. The zero-order valence-corrected chi connectivity index (χ0v) is 15.5. The Morgan fingerprint density at radius 2 is 1.86 bits per heavy atom. The van der Waals surface area contributed by atoms with Gasteiger partial charge in [-0.05, 0) is 48.0 Å². The number of nitriles is 1. The van der Waals surface area contributed by atoms with Crippen LogP contribution in [0.5, 0.6) is 5.75 Å². The number of hydrogen-bond donors (Lipinski definition) is 1. The van der Waals surface area contributed by atoms with Crippen molar-refractivity contribution >= 4 is 28.5 Å². The fourth-order valence-corrected chi connectivity index (χ4v) is 3.14. The topological polar surface area (TPSA) is 84.8 Å². The lowest BCUT2D eigenvalue weighted by Crippen LogP contribution is -1.99. The molecule has 28 heavy (non-hydrogen) atoms. The Morgan fingerprint density at radius 1 is 1.00 bits per heavy atom. The minimum absolute atomic E-state index is 0.199. The molecule has 1 heterocycles. The molecule has 0 aliphatic heterocycles. The molecule has 0 amide bonds. The molecule has 5 nitrogen and oxygen atoms in total. The number of ether oxygens (including phenoxy) is 1. The van der Waals surface area contributed by atoms with Crippen LogP contribution in [0.2, 0.25) is 5.02 Å². The highest BCUT2D eigenvalue weighted by Crippen LogP contribution is 2.31. The third kappa shape index (κ3) is 3.73. The van der Waals surface area contributed by atoms with Gasteiger partial charge in [0, 0.05) is 16.0 Å². The Labute approximate surface area is 167 Å². The van der Waals surface area contributed by atoms with Crippen molar-refractivity contribution in [3.05, 3.63) is 82.9 Å². The van der Waals surface area contributed by atoms with Crippen LogP contribution >= 0.6 is 11.6 Å². The molecule has 4 rings (SSSR count). The van der Waals surface area contributed by atoms with E-state index in [1.165, 1.54) is 0 Å². The fraction of sp³-hybridized carbons (Fsp3) is 0.0455. The fourth-order valence-electron chi connectivity index (χ4n) is 2.97. The summed E-state index contributed by atoms with van der Waals surface area (Å²) in [5.41, 5.74) is 9.69. The van der Waals surface area contributed by atoms with Crippen LogP contribution < -0.4 is 10.5 Å². The first-order chi connectivity index (χ1) is 13.6. The maximum absolute atomic E-state index is 9.02. The first-order valence-corrected chi connectivity index (χ1v) is 8.95. The lowest BCUT2D eigenvalue weighted by atomic mass is 10.1. The van der Waals surface area contributed by atoms with Gasteiger partial charge in [0.15, 0.2) is 0 Å². The third-order valence-corrected chi connectivity index (χ3v) is 4.48. The van der Waals surface area contributed by atoms with Crippen LogP contribution in [0.4, 0.5) is 5.95 Å². The average molecular weight is 387 g/mol. The molecule has 0 saturated heterocycles. The van der Waals surface area contributed by atoms with Gasteiger partial charge in [-0.25, -0.2) is 9.97 Å². The number of halogens is 1. The Balaban J connectivity index is 1.67.